The highest BCUT2D eigenvalue weighted by molar-refractivity contribution is 7.09. The Balaban J connectivity index is 1.54. The first-order valence-electron chi connectivity index (χ1n) is 11.3. The van der Waals surface area contributed by atoms with Gasteiger partial charge in [-0.25, -0.2) is 0 Å². The topological polar surface area (TPSA) is 74.7 Å². The van der Waals surface area contributed by atoms with E-state index in [2.05, 4.69) is 28.2 Å². The molecule has 2 amide bonds. The molecule has 2 aromatic heterocycles. The molecule has 1 saturated carbocycles. The Kier molecular flexibility index (Phi) is 7.22. The molecule has 32 heavy (non-hydrogen) atoms. The Morgan fingerprint density at radius 1 is 1.12 bits per heavy atom. The van der Waals surface area contributed by atoms with Gasteiger partial charge in [-0.3, -0.25) is 19.3 Å². The molecule has 4 rings (SSSR count). The van der Waals surface area contributed by atoms with Crippen molar-refractivity contribution in [2.24, 2.45) is 0 Å². The van der Waals surface area contributed by atoms with Crippen molar-refractivity contribution < 1.29 is 9.59 Å². The summed E-state index contributed by atoms with van der Waals surface area (Å²) in [5, 5.41) is 4.75. The normalized spacial score (nSPS) is 17.4. The van der Waals surface area contributed by atoms with E-state index in [0.717, 1.165) is 45.3 Å². The Morgan fingerprint density at radius 2 is 1.84 bits per heavy atom. The molecule has 0 aromatic carbocycles. The highest BCUT2D eigenvalue weighted by Crippen LogP contribution is 2.29. The van der Waals surface area contributed by atoms with Gasteiger partial charge in [0.05, 0.1) is 0 Å². The molecule has 2 fully saturated rings. The number of hydrogen-bond donors (Lipinski definition) is 1. The first-order chi connectivity index (χ1) is 15.6. The molecule has 1 aliphatic carbocycles. The van der Waals surface area contributed by atoms with E-state index in [4.69, 9.17) is 0 Å². The number of rotatable bonds is 7. The molecule has 0 unspecified atom stereocenters. The van der Waals surface area contributed by atoms with Crippen molar-refractivity contribution in [3.63, 3.8) is 0 Å². The maximum atomic E-state index is 13.3. The third-order valence-electron chi connectivity index (χ3n) is 6.29. The number of nitrogens with zero attached hydrogens (tertiary/aromatic N) is 3. The molecule has 0 radical (unpaired) electrons. The van der Waals surface area contributed by atoms with Gasteiger partial charge in [0, 0.05) is 62.6 Å². The fraction of sp³-hybridized carbons (Fsp3) is 0.458. The molecule has 170 valence electrons. The monoisotopic (exact) mass is 454 g/mol. The minimum absolute atomic E-state index is 0.0286. The minimum Gasteiger partial charge on any atom is -0.349 e. The van der Waals surface area contributed by atoms with Crippen LogP contribution in [0.3, 0.4) is 0 Å². The number of amides is 2. The zero-order chi connectivity index (χ0) is 22.5. The standard InChI is InChI=1S/C24H30N4O3S/c1-2-9-25-23(30)20-16-28(18-6-3-4-7-18)17-21(22(20)29)24(31)27-12-10-26(11-13-27)15-19-8-5-14-32-19/h2,5,8,14,16-18H,1,3-4,6-7,9-13,15H2,(H,25,30). The van der Waals surface area contributed by atoms with Crippen molar-refractivity contribution in [2.75, 3.05) is 32.7 Å². The van der Waals surface area contributed by atoms with Crippen molar-refractivity contribution in [3.8, 4) is 0 Å². The molecule has 1 aliphatic heterocycles. The minimum atomic E-state index is -0.494. The Labute approximate surface area is 192 Å². The molecule has 2 aromatic rings. The summed E-state index contributed by atoms with van der Waals surface area (Å²) in [4.78, 5) is 44.5. The van der Waals surface area contributed by atoms with Crippen LogP contribution in [0.5, 0.6) is 0 Å². The average molecular weight is 455 g/mol. The lowest BCUT2D eigenvalue weighted by Gasteiger charge is -2.34. The summed E-state index contributed by atoms with van der Waals surface area (Å²) in [5.74, 6) is -0.743. The SMILES string of the molecule is C=CCNC(=O)c1cn(C2CCCC2)cc(C(=O)N2CCN(Cc3cccs3)CC2)c1=O. The molecule has 7 nitrogen and oxygen atoms in total. The number of carbonyl (C=O) groups is 2. The van der Waals surface area contributed by atoms with Gasteiger partial charge in [0.15, 0.2) is 0 Å². The first kappa shape index (κ1) is 22.5. The van der Waals surface area contributed by atoms with Crippen LogP contribution in [0.4, 0.5) is 0 Å². The fourth-order valence-electron chi connectivity index (χ4n) is 4.49. The number of carbonyl (C=O) groups excluding carboxylic acids is 2. The molecule has 0 spiro atoms. The van der Waals surface area contributed by atoms with Crippen LogP contribution in [0.25, 0.3) is 0 Å². The van der Waals surface area contributed by atoms with Crippen molar-refractivity contribution in [3.05, 3.63) is 68.8 Å². The van der Waals surface area contributed by atoms with Gasteiger partial charge in [-0.05, 0) is 24.3 Å². The number of pyridine rings is 1. The van der Waals surface area contributed by atoms with Crippen LogP contribution >= 0.6 is 11.3 Å². The summed E-state index contributed by atoms with van der Waals surface area (Å²) in [7, 11) is 0. The van der Waals surface area contributed by atoms with Crippen molar-refractivity contribution in [2.45, 2.75) is 38.3 Å². The van der Waals surface area contributed by atoms with E-state index in [9.17, 15) is 14.4 Å². The third kappa shape index (κ3) is 5.02. The number of thiophene rings is 1. The molecular weight excluding hydrogens is 424 g/mol. The molecule has 2 aliphatic rings. The molecule has 0 bridgehead atoms. The van der Waals surface area contributed by atoms with E-state index in [1.54, 1.807) is 34.7 Å². The highest BCUT2D eigenvalue weighted by Gasteiger charge is 2.28. The Hall–Kier alpha value is -2.71. The maximum absolute atomic E-state index is 13.3. The number of aromatic nitrogens is 1. The largest absolute Gasteiger partial charge is 0.349 e. The van der Waals surface area contributed by atoms with Gasteiger partial charge >= 0.3 is 0 Å². The lowest BCUT2D eigenvalue weighted by molar-refractivity contribution is 0.0627. The van der Waals surface area contributed by atoms with E-state index >= 15 is 0 Å². The van der Waals surface area contributed by atoms with Gasteiger partial charge < -0.3 is 14.8 Å². The second-order valence-electron chi connectivity index (χ2n) is 8.45. The van der Waals surface area contributed by atoms with E-state index < -0.39 is 11.3 Å². The summed E-state index contributed by atoms with van der Waals surface area (Å²) in [6, 6.07) is 4.39. The predicted molar refractivity (Wildman–Crippen MR) is 126 cm³/mol. The maximum Gasteiger partial charge on any atom is 0.259 e. The smallest absolute Gasteiger partial charge is 0.259 e. The molecule has 1 N–H and O–H groups in total. The molecule has 3 heterocycles. The zero-order valence-corrected chi connectivity index (χ0v) is 19.1. The third-order valence-corrected chi connectivity index (χ3v) is 7.15. The summed E-state index contributed by atoms with van der Waals surface area (Å²) >= 11 is 1.74. The highest BCUT2D eigenvalue weighted by atomic mass is 32.1. The second-order valence-corrected chi connectivity index (χ2v) is 9.48. The summed E-state index contributed by atoms with van der Waals surface area (Å²) in [6.45, 7) is 7.42. The predicted octanol–water partition coefficient (Wildman–Crippen LogP) is 2.90. The van der Waals surface area contributed by atoms with E-state index in [1.807, 2.05) is 10.6 Å². The summed E-state index contributed by atoms with van der Waals surface area (Å²) < 4.78 is 1.91. The van der Waals surface area contributed by atoms with Crippen LogP contribution in [0.15, 0.2) is 47.4 Å². The zero-order valence-electron chi connectivity index (χ0n) is 18.3. The van der Waals surface area contributed by atoms with Crippen molar-refractivity contribution in [1.29, 1.82) is 0 Å². The molecule has 8 heteroatoms. The van der Waals surface area contributed by atoms with Crippen LogP contribution in [0, 0.1) is 0 Å². The lowest BCUT2D eigenvalue weighted by atomic mass is 10.1. The van der Waals surface area contributed by atoms with Crippen LogP contribution in [-0.2, 0) is 6.54 Å². The first-order valence-corrected chi connectivity index (χ1v) is 12.1. The van der Waals surface area contributed by atoms with Crippen LogP contribution in [-0.4, -0.2) is 58.9 Å². The molecule has 0 atom stereocenters. The van der Waals surface area contributed by atoms with Gasteiger partial charge in [0.2, 0.25) is 5.43 Å². The van der Waals surface area contributed by atoms with Crippen LogP contribution < -0.4 is 10.7 Å². The molecule has 1 saturated heterocycles. The fourth-order valence-corrected chi connectivity index (χ4v) is 5.23. The van der Waals surface area contributed by atoms with Crippen molar-refractivity contribution in [1.82, 2.24) is 19.7 Å². The Bertz CT molecular complexity index is 1020. The summed E-state index contributed by atoms with van der Waals surface area (Å²) in [6.07, 6.45) is 9.07. The second kappa shape index (κ2) is 10.3. The Morgan fingerprint density at radius 3 is 2.50 bits per heavy atom. The van der Waals surface area contributed by atoms with Gasteiger partial charge in [0.1, 0.15) is 11.1 Å². The van der Waals surface area contributed by atoms with E-state index in [0.29, 0.717) is 13.1 Å². The number of nitrogens with one attached hydrogen (secondary N) is 1. The van der Waals surface area contributed by atoms with Crippen molar-refractivity contribution >= 4 is 23.2 Å². The van der Waals surface area contributed by atoms with Gasteiger partial charge in [-0.2, -0.15) is 0 Å². The van der Waals surface area contributed by atoms with E-state index in [1.165, 1.54) is 4.88 Å². The summed E-state index contributed by atoms with van der Waals surface area (Å²) in [5.41, 5.74) is -0.373. The molecular formula is C24H30N4O3S. The van der Waals surface area contributed by atoms with Gasteiger partial charge in [-0.1, -0.05) is 25.0 Å². The van der Waals surface area contributed by atoms with Gasteiger partial charge in [-0.15, -0.1) is 17.9 Å². The lowest BCUT2D eigenvalue weighted by Crippen LogP contribution is -2.49. The quantitative estimate of drug-likeness (QED) is 0.653. The average Bonchev–Trinajstić information content (AvgIpc) is 3.52. The number of piperazine rings is 1. The van der Waals surface area contributed by atoms with Gasteiger partial charge in [0.25, 0.3) is 11.8 Å². The van der Waals surface area contributed by atoms with Crippen LogP contribution in [0.2, 0.25) is 0 Å². The van der Waals surface area contributed by atoms with E-state index in [-0.39, 0.29) is 29.6 Å². The number of hydrogen-bond acceptors (Lipinski definition) is 5. The van der Waals surface area contributed by atoms with Crippen LogP contribution in [0.1, 0.15) is 57.3 Å².